The summed E-state index contributed by atoms with van der Waals surface area (Å²) in [5, 5.41) is 48.5. The van der Waals surface area contributed by atoms with E-state index in [1.54, 1.807) is 0 Å². The summed E-state index contributed by atoms with van der Waals surface area (Å²) < 4.78 is 4.88. The van der Waals surface area contributed by atoms with Gasteiger partial charge in [-0.05, 0) is 0 Å². The van der Waals surface area contributed by atoms with Gasteiger partial charge in [0.2, 0.25) is 0 Å². The largest absolute Gasteiger partial charge is 0.395 e. The first-order chi connectivity index (χ1) is 7.11. The quantitative estimate of drug-likeness (QED) is 0.291. The Hall–Kier alpha value is -0.280. The third kappa shape index (κ3) is 2.85. The van der Waals surface area contributed by atoms with Crippen LogP contribution in [0.4, 0.5) is 0 Å². The van der Waals surface area contributed by atoms with Gasteiger partial charge in [0, 0.05) is 6.54 Å². The number of hydrogen-bond donors (Lipinski definition) is 6. The lowest BCUT2D eigenvalue weighted by atomic mass is 9.97. The van der Waals surface area contributed by atoms with Gasteiger partial charge in [0.1, 0.15) is 18.3 Å². The molecule has 1 saturated heterocycles. The van der Waals surface area contributed by atoms with Gasteiger partial charge in [-0.15, -0.1) is 0 Å². The van der Waals surface area contributed by atoms with Crippen LogP contribution in [-0.2, 0) is 4.74 Å². The second-order valence-electron chi connectivity index (χ2n) is 3.43. The molecule has 0 amide bonds. The lowest BCUT2D eigenvalue weighted by molar-refractivity contribution is -0.254. The fourth-order valence-corrected chi connectivity index (χ4v) is 1.55. The van der Waals surface area contributed by atoms with Crippen LogP contribution in [0.2, 0.25) is 0 Å². The molecule has 0 saturated carbocycles. The van der Waals surface area contributed by atoms with Crippen LogP contribution in [0.3, 0.4) is 0 Å². The fraction of sp³-hybridized carbons (Fsp3) is 1.00. The normalized spacial score (nSPS) is 41.8. The smallest absolute Gasteiger partial charge is 0.173 e. The highest BCUT2D eigenvalue weighted by Gasteiger charge is 2.43. The molecule has 0 aromatic carbocycles. The molecule has 1 aliphatic heterocycles. The topological polar surface area (TPSA) is 122 Å². The van der Waals surface area contributed by atoms with E-state index in [1.807, 2.05) is 0 Å². The van der Waals surface area contributed by atoms with Gasteiger partial charge in [-0.3, -0.25) is 0 Å². The minimum atomic E-state index is -1.33. The van der Waals surface area contributed by atoms with Gasteiger partial charge in [-0.2, -0.15) is 0 Å². The average Bonchev–Trinajstić information content (AvgIpc) is 2.23. The van der Waals surface area contributed by atoms with E-state index in [-0.39, 0.29) is 13.2 Å². The van der Waals surface area contributed by atoms with E-state index < -0.39 is 37.3 Å². The molecule has 0 unspecified atom stereocenters. The molecule has 6 N–H and O–H groups in total. The SMILES string of the molecule is OCCN[C@@H]1[C@@H](O)[C@H](O)[C@@H](CO)O[C@H]1O. The Morgan fingerprint density at radius 3 is 2.27 bits per heavy atom. The number of nitrogens with one attached hydrogen (secondary N) is 1. The van der Waals surface area contributed by atoms with Crippen LogP contribution in [0.25, 0.3) is 0 Å². The molecule has 0 spiro atoms. The summed E-state index contributed by atoms with van der Waals surface area (Å²) in [6.45, 7) is -0.476. The summed E-state index contributed by atoms with van der Waals surface area (Å²) in [7, 11) is 0. The highest BCUT2D eigenvalue weighted by Crippen LogP contribution is 2.19. The summed E-state index contributed by atoms with van der Waals surface area (Å²) in [5.74, 6) is 0. The van der Waals surface area contributed by atoms with Crippen LogP contribution in [0.1, 0.15) is 0 Å². The predicted octanol–water partition coefficient (Wildman–Crippen LogP) is -3.63. The first kappa shape index (κ1) is 12.8. The molecule has 1 fully saturated rings. The van der Waals surface area contributed by atoms with E-state index >= 15 is 0 Å². The standard InChI is InChI=1S/C8H17NO6/c10-2-1-9-5-7(13)6(12)4(3-11)15-8(5)14/h4-14H,1-3H2/t4-,5-,6-,7-,8-/m1/s1. The Bertz CT molecular complexity index is 192. The van der Waals surface area contributed by atoms with E-state index in [1.165, 1.54) is 0 Å². The molecule has 0 aromatic heterocycles. The third-order valence-corrected chi connectivity index (χ3v) is 2.39. The van der Waals surface area contributed by atoms with Crippen LogP contribution in [0, 0.1) is 0 Å². The Labute approximate surface area is 86.9 Å². The summed E-state index contributed by atoms with van der Waals surface area (Å²) in [5.41, 5.74) is 0. The van der Waals surface area contributed by atoms with Crippen molar-refractivity contribution in [1.82, 2.24) is 5.32 Å². The molecular weight excluding hydrogens is 206 g/mol. The van der Waals surface area contributed by atoms with Crippen LogP contribution in [0.15, 0.2) is 0 Å². The summed E-state index contributed by atoms with van der Waals surface area (Å²) >= 11 is 0. The van der Waals surface area contributed by atoms with Gasteiger partial charge < -0.3 is 35.6 Å². The predicted molar refractivity (Wildman–Crippen MR) is 48.9 cm³/mol. The molecule has 15 heavy (non-hydrogen) atoms. The fourth-order valence-electron chi connectivity index (χ4n) is 1.55. The average molecular weight is 223 g/mol. The van der Waals surface area contributed by atoms with Crippen LogP contribution >= 0.6 is 0 Å². The maximum Gasteiger partial charge on any atom is 0.173 e. The molecule has 5 atom stereocenters. The molecular formula is C8H17NO6. The zero-order valence-corrected chi connectivity index (χ0v) is 8.15. The van der Waals surface area contributed by atoms with Gasteiger partial charge in [0.25, 0.3) is 0 Å². The summed E-state index contributed by atoms with van der Waals surface area (Å²) in [6.07, 6.45) is -4.85. The van der Waals surface area contributed by atoms with E-state index in [0.29, 0.717) is 0 Å². The second kappa shape index (κ2) is 5.71. The first-order valence-electron chi connectivity index (χ1n) is 4.76. The Balaban J connectivity index is 2.58. The molecule has 0 radical (unpaired) electrons. The Morgan fingerprint density at radius 2 is 1.73 bits per heavy atom. The Kier molecular flexibility index (Phi) is 4.87. The highest BCUT2D eigenvalue weighted by atomic mass is 16.6. The van der Waals surface area contributed by atoms with Crippen molar-refractivity contribution in [3.63, 3.8) is 0 Å². The number of aliphatic hydroxyl groups excluding tert-OH is 5. The number of hydrogen-bond acceptors (Lipinski definition) is 7. The molecule has 90 valence electrons. The lowest BCUT2D eigenvalue weighted by Gasteiger charge is -2.40. The molecule has 7 heteroatoms. The van der Waals surface area contributed by atoms with Gasteiger partial charge in [0.15, 0.2) is 6.29 Å². The van der Waals surface area contributed by atoms with E-state index in [4.69, 9.17) is 14.9 Å². The van der Waals surface area contributed by atoms with Crippen molar-refractivity contribution < 1.29 is 30.3 Å². The summed E-state index contributed by atoms with van der Waals surface area (Å²) in [4.78, 5) is 0. The van der Waals surface area contributed by atoms with Gasteiger partial charge >= 0.3 is 0 Å². The van der Waals surface area contributed by atoms with Crippen LogP contribution < -0.4 is 5.32 Å². The third-order valence-electron chi connectivity index (χ3n) is 2.39. The number of rotatable bonds is 4. The number of ether oxygens (including phenoxy) is 1. The monoisotopic (exact) mass is 223 g/mol. The van der Waals surface area contributed by atoms with E-state index in [0.717, 1.165) is 0 Å². The molecule has 0 bridgehead atoms. The van der Waals surface area contributed by atoms with Crippen molar-refractivity contribution in [2.24, 2.45) is 0 Å². The van der Waals surface area contributed by atoms with Crippen molar-refractivity contribution >= 4 is 0 Å². The van der Waals surface area contributed by atoms with Crippen LogP contribution in [0.5, 0.6) is 0 Å². The van der Waals surface area contributed by atoms with E-state index in [9.17, 15) is 15.3 Å². The molecule has 1 aliphatic rings. The first-order valence-corrected chi connectivity index (χ1v) is 4.76. The maximum atomic E-state index is 9.59. The lowest BCUT2D eigenvalue weighted by Crippen LogP contribution is -2.63. The van der Waals surface area contributed by atoms with Crippen molar-refractivity contribution in [3.05, 3.63) is 0 Å². The number of aliphatic hydroxyl groups is 5. The minimum absolute atomic E-state index is 0.157. The van der Waals surface area contributed by atoms with Crippen molar-refractivity contribution in [2.45, 2.75) is 30.6 Å². The highest BCUT2D eigenvalue weighted by molar-refractivity contribution is 4.92. The maximum absolute atomic E-state index is 9.59. The minimum Gasteiger partial charge on any atom is -0.395 e. The van der Waals surface area contributed by atoms with Gasteiger partial charge in [0.05, 0.1) is 19.3 Å². The molecule has 0 aromatic rings. The molecule has 1 heterocycles. The molecule has 7 nitrogen and oxygen atoms in total. The Morgan fingerprint density at radius 1 is 1.07 bits per heavy atom. The van der Waals surface area contributed by atoms with Gasteiger partial charge in [-0.1, -0.05) is 0 Å². The van der Waals surface area contributed by atoms with Gasteiger partial charge in [-0.25, -0.2) is 0 Å². The van der Waals surface area contributed by atoms with Crippen molar-refractivity contribution in [2.75, 3.05) is 19.8 Å². The van der Waals surface area contributed by atoms with Crippen molar-refractivity contribution in [1.29, 1.82) is 0 Å². The summed E-state index contributed by atoms with van der Waals surface area (Å²) in [6, 6.07) is -0.880. The van der Waals surface area contributed by atoms with Crippen molar-refractivity contribution in [3.8, 4) is 0 Å². The zero-order chi connectivity index (χ0) is 11.4. The zero-order valence-electron chi connectivity index (χ0n) is 8.15. The molecule has 1 rings (SSSR count). The molecule has 0 aliphatic carbocycles. The van der Waals surface area contributed by atoms with Crippen LogP contribution in [-0.4, -0.2) is 75.9 Å². The van der Waals surface area contributed by atoms with E-state index in [2.05, 4.69) is 5.32 Å². The second-order valence-corrected chi connectivity index (χ2v) is 3.43.